The number of fused-ring (bicyclic) bond motifs is 1. The molecule has 4 nitrogen and oxygen atoms in total. The minimum Gasteiger partial charge on any atom is -0.466 e. The minimum atomic E-state index is -0.196. The maximum atomic E-state index is 11.8. The predicted octanol–water partition coefficient (Wildman–Crippen LogP) is 2.71. The Kier molecular flexibility index (Phi) is 4.44. The molecule has 0 saturated heterocycles. The van der Waals surface area contributed by atoms with Crippen molar-refractivity contribution >= 4 is 5.97 Å². The Balaban J connectivity index is 2.08. The van der Waals surface area contributed by atoms with Gasteiger partial charge >= 0.3 is 5.97 Å². The first-order valence-corrected chi connectivity index (χ1v) is 6.40. The standard InChI is InChI=1S/C15H18O4/c1-3-5-12(15(16)17-4-2)8-11-6-7-13-14(9-11)19-10-18-13/h3,6-7,9,12H,1,4-5,8,10H2,2H3/t12-/m1/s1. The van der Waals surface area contributed by atoms with E-state index in [1.54, 1.807) is 6.08 Å². The van der Waals surface area contributed by atoms with Gasteiger partial charge in [0.15, 0.2) is 11.5 Å². The van der Waals surface area contributed by atoms with Crippen LogP contribution in [0.4, 0.5) is 0 Å². The van der Waals surface area contributed by atoms with E-state index < -0.39 is 0 Å². The lowest BCUT2D eigenvalue weighted by Gasteiger charge is -2.14. The van der Waals surface area contributed by atoms with E-state index >= 15 is 0 Å². The molecule has 1 aliphatic rings. The SMILES string of the molecule is C=CC[C@H](Cc1ccc2c(c1)OCO2)C(=O)OCC. The summed E-state index contributed by atoms with van der Waals surface area (Å²) in [5.41, 5.74) is 1.03. The lowest BCUT2D eigenvalue weighted by atomic mass is 9.96. The van der Waals surface area contributed by atoms with Crippen LogP contribution in [-0.2, 0) is 16.0 Å². The highest BCUT2D eigenvalue weighted by Crippen LogP contribution is 2.33. The number of carbonyl (C=O) groups is 1. The Morgan fingerprint density at radius 1 is 1.47 bits per heavy atom. The molecule has 0 saturated carbocycles. The van der Waals surface area contributed by atoms with E-state index in [2.05, 4.69) is 6.58 Å². The molecule has 0 aromatic heterocycles. The topological polar surface area (TPSA) is 44.8 Å². The molecular formula is C15H18O4. The van der Waals surface area contributed by atoms with Gasteiger partial charge in [0.05, 0.1) is 12.5 Å². The average molecular weight is 262 g/mol. The summed E-state index contributed by atoms with van der Waals surface area (Å²) in [5.74, 6) is 1.11. The molecule has 0 unspecified atom stereocenters. The van der Waals surface area contributed by atoms with Crippen molar-refractivity contribution in [2.24, 2.45) is 5.92 Å². The molecular weight excluding hydrogens is 244 g/mol. The third-order valence-corrected chi connectivity index (χ3v) is 2.99. The summed E-state index contributed by atoms with van der Waals surface area (Å²) >= 11 is 0. The van der Waals surface area contributed by atoms with Crippen molar-refractivity contribution in [2.75, 3.05) is 13.4 Å². The molecule has 0 amide bonds. The van der Waals surface area contributed by atoms with Gasteiger partial charge < -0.3 is 14.2 Å². The van der Waals surface area contributed by atoms with Crippen molar-refractivity contribution in [1.29, 1.82) is 0 Å². The van der Waals surface area contributed by atoms with Gasteiger partial charge in [0.25, 0.3) is 0 Å². The van der Waals surface area contributed by atoms with Crippen LogP contribution >= 0.6 is 0 Å². The van der Waals surface area contributed by atoms with E-state index in [4.69, 9.17) is 14.2 Å². The monoisotopic (exact) mass is 262 g/mol. The Morgan fingerprint density at radius 2 is 2.26 bits per heavy atom. The zero-order chi connectivity index (χ0) is 13.7. The number of ether oxygens (including phenoxy) is 3. The van der Waals surface area contributed by atoms with E-state index in [1.807, 2.05) is 25.1 Å². The summed E-state index contributed by atoms with van der Waals surface area (Å²) in [6, 6.07) is 5.73. The van der Waals surface area contributed by atoms with Gasteiger partial charge in [-0.15, -0.1) is 6.58 Å². The summed E-state index contributed by atoms with van der Waals surface area (Å²) in [6.07, 6.45) is 2.96. The molecule has 1 aliphatic heterocycles. The number of rotatable bonds is 6. The predicted molar refractivity (Wildman–Crippen MR) is 71.2 cm³/mol. The number of hydrogen-bond acceptors (Lipinski definition) is 4. The lowest BCUT2D eigenvalue weighted by Crippen LogP contribution is -2.19. The van der Waals surface area contributed by atoms with E-state index in [0.717, 1.165) is 17.1 Å². The number of hydrogen-bond donors (Lipinski definition) is 0. The normalized spacial score (nSPS) is 13.9. The molecule has 1 aromatic carbocycles. The Labute approximate surface area is 113 Å². The van der Waals surface area contributed by atoms with Crippen LogP contribution < -0.4 is 9.47 Å². The molecule has 0 N–H and O–H groups in total. The van der Waals surface area contributed by atoms with Crippen molar-refractivity contribution < 1.29 is 19.0 Å². The van der Waals surface area contributed by atoms with E-state index in [9.17, 15) is 4.79 Å². The van der Waals surface area contributed by atoms with Crippen molar-refractivity contribution in [3.63, 3.8) is 0 Å². The molecule has 4 heteroatoms. The van der Waals surface area contributed by atoms with Crippen molar-refractivity contribution in [3.05, 3.63) is 36.4 Å². The Bertz CT molecular complexity index is 467. The number of benzene rings is 1. The van der Waals surface area contributed by atoms with Gasteiger partial charge in [-0.1, -0.05) is 12.1 Å². The molecule has 102 valence electrons. The largest absolute Gasteiger partial charge is 0.466 e. The third-order valence-electron chi connectivity index (χ3n) is 2.99. The molecule has 0 radical (unpaired) electrons. The van der Waals surface area contributed by atoms with Gasteiger partial charge in [-0.25, -0.2) is 0 Å². The maximum Gasteiger partial charge on any atom is 0.309 e. The van der Waals surface area contributed by atoms with Crippen LogP contribution in [0.2, 0.25) is 0 Å². The summed E-state index contributed by atoms with van der Waals surface area (Å²) in [6.45, 7) is 6.15. The van der Waals surface area contributed by atoms with Gasteiger partial charge in [0.1, 0.15) is 0 Å². The molecule has 0 fully saturated rings. The zero-order valence-corrected chi connectivity index (χ0v) is 11.1. The van der Waals surface area contributed by atoms with Gasteiger partial charge in [0, 0.05) is 0 Å². The first-order valence-electron chi connectivity index (χ1n) is 6.40. The number of esters is 1. The van der Waals surface area contributed by atoms with Gasteiger partial charge in [-0.2, -0.15) is 0 Å². The minimum absolute atomic E-state index is 0.180. The van der Waals surface area contributed by atoms with Crippen molar-refractivity contribution in [2.45, 2.75) is 19.8 Å². The summed E-state index contributed by atoms with van der Waals surface area (Å²) in [4.78, 5) is 11.8. The second kappa shape index (κ2) is 6.27. The molecule has 1 atom stereocenters. The molecule has 0 aliphatic carbocycles. The van der Waals surface area contributed by atoms with Crippen LogP contribution in [-0.4, -0.2) is 19.4 Å². The Hall–Kier alpha value is -1.97. The summed E-state index contributed by atoms with van der Waals surface area (Å²) in [7, 11) is 0. The molecule has 1 aromatic rings. The van der Waals surface area contributed by atoms with Crippen LogP contribution in [0.5, 0.6) is 11.5 Å². The first-order chi connectivity index (χ1) is 9.24. The van der Waals surface area contributed by atoms with Crippen molar-refractivity contribution in [1.82, 2.24) is 0 Å². The quantitative estimate of drug-likeness (QED) is 0.584. The summed E-state index contributed by atoms with van der Waals surface area (Å²) < 4.78 is 15.7. The molecule has 2 rings (SSSR count). The second-order valence-corrected chi connectivity index (χ2v) is 4.37. The highest BCUT2D eigenvalue weighted by atomic mass is 16.7. The van der Waals surface area contributed by atoms with Crippen LogP contribution in [0.25, 0.3) is 0 Å². The van der Waals surface area contributed by atoms with Crippen LogP contribution in [0.15, 0.2) is 30.9 Å². The van der Waals surface area contributed by atoms with E-state index in [1.165, 1.54) is 0 Å². The fourth-order valence-electron chi connectivity index (χ4n) is 2.08. The third kappa shape index (κ3) is 3.28. The Morgan fingerprint density at radius 3 is 3.00 bits per heavy atom. The zero-order valence-electron chi connectivity index (χ0n) is 11.1. The highest BCUT2D eigenvalue weighted by molar-refractivity contribution is 5.73. The lowest BCUT2D eigenvalue weighted by molar-refractivity contribution is -0.147. The first kappa shape index (κ1) is 13.5. The number of carbonyl (C=O) groups excluding carboxylic acids is 1. The van der Waals surface area contributed by atoms with Crippen LogP contribution in [0.1, 0.15) is 18.9 Å². The number of allylic oxidation sites excluding steroid dienone is 1. The maximum absolute atomic E-state index is 11.8. The smallest absolute Gasteiger partial charge is 0.309 e. The van der Waals surface area contributed by atoms with E-state index in [0.29, 0.717) is 19.4 Å². The fourth-order valence-corrected chi connectivity index (χ4v) is 2.08. The molecule has 0 spiro atoms. The van der Waals surface area contributed by atoms with Crippen molar-refractivity contribution in [3.8, 4) is 11.5 Å². The van der Waals surface area contributed by atoms with Gasteiger partial charge in [-0.05, 0) is 37.5 Å². The van der Waals surface area contributed by atoms with Crippen LogP contribution in [0, 0.1) is 5.92 Å². The van der Waals surface area contributed by atoms with Gasteiger partial charge in [0.2, 0.25) is 6.79 Å². The molecule has 1 heterocycles. The fraction of sp³-hybridized carbons (Fsp3) is 0.400. The average Bonchev–Trinajstić information content (AvgIpc) is 2.86. The van der Waals surface area contributed by atoms with E-state index in [-0.39, 0.29) is 18.7 Å². The van der Waals surface area contributed by atoms with Gasteiger partial charge in [-0.3, -0.25) is 4.79 Å². The summed E-state index contributed by atoms with van der Waals surface area (Å²) in [5, 5.41) is 0. The molecule has 0 bridgehead atoms. The highest BCUT2D eigenvalue weighted by Gasteiger charge is 2.20. The second-order valence-electron chi connectivity index (χ2n) is 4.37. The molecule has 19 heavy (non-hydrogen) atoms. The van der Waals surface area contributed by atoms with Crippen LogP contribution in [0.3, 0.4) is 0 Å².